The summed E-state index contributed by atoms with van der Waals surface area (Å²) in [4.78, 5) is 0. The standard InChI is InChI=1S/C26H22.CH4/c1-5-13-21(14-6-1)25(22-15-7-2-8-16-22)26(23-17-9-3-10-18-23)24-19-11-4-12-20-24;/h1-20,25-26H;1H4. The van der Waals surface area contributed by atoms with Gasteiger partial charge in [0.05, 0.1) is 0 Å². The number of benzene rings is 4. The molecule has 0 spiro atoms. The fourth-order valence-corrected chi connectivity index (χ4v) is 3.80. The summed E-state index contributed by atoms with van der Waals surface area (Å²) < 4.78 is 0. The van der Waals surface area contributed by atoms with Gasteiger partial charge in [0.2, 0.25) is 0 Å². The molecule has 0 aliphatic heterocycles. The molecule has 0 heterocycles. The lowest BCUT2D eigenvalue weighted by atomic mass is 9.74. The predicted octanol–water partition coefficient (Wildman–Crippen LogP) is 7.29. The van der Waals surface area contributed by atoms with Crippen LogP contribution in [-0.4, -0.2) is 0 Å². The van der Waals surface area contributed by atoms with Crippen LogP contribution in [0.5, 0.6) is 0 Å². The van der Waals surface area contributed by atoms with Crippen molar-refractivity contribution in [3.8, 4) is 0 Å². The van der Waals surface area contributed by atoms with E-state index < -0.39 is 0 Å². The van der Waals surface area contributed by atoms with E-state index in [1.807, 2.05) is 0 Å². The Morgan fingerprint density at radius 2 is 0.481 bits per heavy atom. The van der Waals surface area contributed by atoms with Gasteiger partial charge in [-0.15, -0.1) is 0 Å². The zero-order chi connectivity index (χ0) is 17.6. The summed E-state index contributed by atoms with van der Waals surface area (Å²) in [5.41, 5.74) is 5.38. The molecule has 0 fully saturated rings. The van der Waals surface area contributed by atoms with E-state index in [1.165, 1.54) is 22.3 Å². The van der Waals surface area contributed by atoms with Crippen molar-refractivity contribution in [2.75, 3.05) is 0 Å². The molecule has 134 valence electrons. The molecule has 27 heavy (non-hydrogen) atoms. The Labute approximate surface area is 163 Å². The monoisotopic (exact) mass is 350 g/mol. The summed E-state index contributed by atoms with van der Waals surface area (Å²) in [5.74, 6) is 0.532. The zero-order valence-electron chi connectivity index (χ0n) is 14.7. The van der Waals surface area contributed by atoms with E-state index in [0.29, 0.717) is 0 Å². The summed E-state index contributed by atoms with van der Waals surface area (Å²) in [6, 6.07) is 43.4. The normalized spacial score (nSPS) is 10.6. The topological polar surface area (TPSA) is 0 Å². The molecule has 0 nitrogen and oxygen atoms in total. The third-order valence-electron chi connectivity index (χ3n) is 4.97. The van der Waals surface area contributed by atoms with E-state index in [0.717, 1.165) is 0 Å². The van der Waals surface area contributed by atoms with Crippen LogP contribution in [0.3, 0.4) is 0 Å². The maximum absolute atomic E-state index is 2.25. The Morgan fingerprint density at radius 3 is 0.667 bits per heavy atom. The fourth-order valence-electron chi connectivity index (χ4n) is 3.80. The van der Waals surface area contributed by atoms with Gasteiger partial charge in [-0.3, -0.25) is 0 Å². The molecule has 0 atom stereocenters. The lowest BCUT2D eigenvalue weighted by Gasteiger charge is -2.29. The highest BCUT2D eigenvalue weighted by molar-refractivity contribution is 5.44. The van der Waals surface area contributed by atoms with Crippen molar-refractivity contribution in [2.24, 2.45) is 0 Å². The van der Waals surface area contributed by atoms with Crippen molar-refractivity contribution >= 4 is 0 Å². The second-order valence-electron chi connectivity index (χ2n) is 6.60. The van der Waals surface area contributed by atoms with E-state index >= 15 is 0 Å². The molecular formula is C27H26. The van der Waals surface area contributed by atoms with Gasteiger partial charge in [-0.25, -0.2) is 0 Å². The molecule has 0 unspecified atom stereocenters. The van der Waals surface area contributed by atoms with Crippen LogP contribution in [0, 0.1) is 0 Å². The molecule has 0 amide bonds. The van der Waals surface area contributed by atoms with Gasteiger partial charge >= 0.3 is 0 Å². The molecule has 0 aromatic heterocycles. The second-order valence-corrected chi connectivity index (χ2v) is 6.60. The molecule has 0 saturated carbocycles. The third kappa shape index (κ3) is 4.17. The largest absolute Gasteiger partial charge is 0.0776 e. The zero-order valence-corrected chi connectivity index (χ0v) is 14.7. The summed E-state index contributed by atoms with van der Waals surface area (Å²) in [7, 11) is 0. The van der Waals surface area contributed by atoms with Crippen molar-refractivity contribution in [3.63, 3.8) is 0 Å². The average Bonchev–Trinajstić information content (AvgIpc) is 2.74. The fraction of sp³-hybridized carbons (Fsp3) is 0.111. The quantitative estimate of drug-likeness (QED) is 0.354. The second kappa shape index (κ2) is 9.00. The van der Waals surface area contributed by atoms with Crippen LogP contribution in [-0.2, 0) is 0 Å². The number of rotatable bonds is 5. The minimum Gasteiger partial charge on any atom is -0.0776 e. The number of hydrogen-bond donors (Lipinski definition) is 0. The van der Waals surface area contributed by atoms with E-state index in [4.69, 9.17) is 0 Å². The predicted molar refractivity (Wildman–Crippen MR) is 116 cm³/mol. The molecule has 4 rings (SSSR count). The molecule has 0 bridgehead atoms. The molecule has 0 aliphatic rings. The first-order chi connectivity index (χ1) is 12.9. The highest BCUT2D eigenvalue weighted by Crippen LogP contribution is 2.42. The van der Waals surface area contributed by atoms with E-state index in [2.05, 4.69) is 121 Å². The summed E-state index contributed by atoms with van der Waals surface area (Å²) in [5, 5.41) is 0. The molecule has 0 aliphatic carbocycles. The molecule has 0 N–H and O–H groups in total. The van der Waals surface area contributed by atoms with Crippen LogP contribution in [0.2, 0.25) is 0 Å². The number of hydrogen-bond acceptors (Lipinski definition) is 0. The summed E-state index contributed by atoms with van der Waals surface area (Å²) in [6.07, 6.45) is 0. The van der Waals surface area contributed by atoms with Crippen LogP contribution in [0.15, 0.2) is 121 Å². The smallest absolute Gasteiger partial charge is 0.0199 e. The third-order valence-corrected chi connectivity index (χ3v) is 4.97. The van der Waals surface area contributed by atoms with Crippen LogP contribution in [0.25, 0.3) is 0 Å². The Morgan fingerprint density at radius 1 is 0.296 bits per heavy atom. The molecule has 4 aromatic carbocycles. The lowest BCUT2D eigenvalue weighted by Crippen LogP contribution is -2.14. The SMILES string of the molecule is C.c1ccc(C(c2ccccc2)C(c2ccccc2)c2ccccc2)cc1. The van der Waals surface area contributed by atoms with Crippen LogP contribution in [0.4, 0.5) is 0 Å². The first kappa shape index (κ1) is 18.7. The molecule has 0 radical (unpaired) electrons. The Balaban J connectivity index is 0.00000210. The Hall–Kier alpha value is -3.12. The van der Waals surface area contributed by atoms with Crippen molar-refractivity contribution in [1.29, 1.82) is 0 Å². The van der Waals surface area contributed by atoms with Crippen molar-refractivity contribution < 1.29 is 0 Å². The van der Waals surface area contributed by atoms with Gasteiger partial charge in [0, 0.05) is 11.8 Å². The van der Waals surface area contributed by atoms with Gasteiger partial charge in [0.25, 0.3) is 0 Å². The molecule has 4 aromatic rings. The van der Waals surface area contributed by atoms with E-state index in [9.17, 15) is 0 Å². The van der Waals surface area contributed by atoms with E-state index in [1.54, 1.807) is 0 Å². The first-order valence-corrected chi connectivity index (χ1v) is 9.13. The van der Waals surface area contributed by atoms with Gasteiger partial charge < -0.3 is 0 Å². The van der Waals surface area contributed by atoms with Gasteiger partial charge in [-0.1, -0.05) is 129 Å². The van der Waals surface area contributed by atoms with Crippen molar-refractivity contribution in [3.05, 3.63) is 144 Å². The lowest BCUT2D eigenvalue weighted by molar-refractivity contribution is 0.694. The maximum Gasteiger partial charge on any atom is 0.0199 e. The minimum absolute atomic E-state index is 0. The molecule has 0 heteroatoms. The molecular weight excluding hydrogens is 324 g/mol. The summed E-state index contributed by atoms with van der Waals surface area (Å²) >= 11 is 0. The average molecular weight is 351 g/mol. The highest BCUT2D eigenvalue weighted by Gasteiger charge is 2.27. The summed E-state index contributed by atoms with van der Waals surface area (Å²) in [6.45, 7) is 0. The van der Waals surface area contributed by atoms with Crippen molar-refractivity contribution in [2.45, 2.75) is 19.3 Å². The molecule has 0 saturated heterocycles. The van der Waals surface area contributed by atoms with Gasteiger partial charge in [-0.2, -0.15) is 0 Å². The van der Waals surface area contributed by atoms with Gasteiger partial charge in [-0.05, 0) is 22.3 Å². The van der Waals surface area contributed by atoms with Gasteiger partial charge in [0.1, 0.15) is 0 Å². The Bertz CT molecular complexity index is 753. The van der Waals surface area contributed by atoms with E-state index in [-0.39, 0.29) is 19.3 Å². The first-order valence-electron chi connectivity index (χ1n) is 9.13. The maximum atomic E-state index is 2.25. The Kier molecular flexibility index (Phi) is 6.22. The van der Waals surface area contributed by atoms with Crippen LogP contribution in [0.1, 0.15) is 41.5 Å². The van der Waals surface area contributed by atoms with Crippen LogP contribution >= 0.6 is 0 Å². The highest BCUT2D eigenvalue weighted by atomic mass is 14.3. The van der Waals surface area contributed by atoms with Crippen LogP contribution < -0.4 is 0 Å². The van der Waals surface area contributed by atoms with Crippen molar-refractivity contribution in [1.82, 2.24) is 0 Å². The van der Waals surface area contributed by atoms with Gasteiger partial charge in [0.15, 0.2) is 0 Å². The minimum atomic E-state index is 0.